The topological polar surface area (TPSA) is 0 Å². The Hall–Kier alpha value is -0.260. The van der Waals surface area contributed by atoms with E-state index >= 15 is 0 Å². The van der Waals surface area contributed by atoms with Crippen molar-refractivity contribution in [3.63, 3.8) is 0 Å². The lowest BCUT2D eigenvalue weighted by Crippen LogP contribution is -2.26. The van der Waals surface area contributed by atoms with Gasteiger partial charge in [0.1, 0.15) is 0 Å². The lowest BCUT2D eigenvalue weighted by Gasteiger charge is -2.38. The SMILES string of the molecule is C1=CC(C2CCC(C3CCCCC3)CC2)CCCCC1. The zero-order chi connectivity index (χ0) is 13.6. The van der Waals surface area contributed by atoms with Gasteiger partial charge in [-0.1, -0.05) is 57.1 Å². The van der Waals surface area contributed by atoms with Crippen molar-refractivity contribution in [2.24, 2.45) is 23.7 Å². The summed E-state index contributed by atoms with van der Waals surface area (Å²) in [5.74, 6) is 4.17. The highest BCUT2D eigenvalue weighted by atomic mass is 14.4. The fraction of sp³-hybridized carbons (Fsp3) is 0.900. The van der Waals surface area contributed by atoms with Gasteiger partial charge in [0.25, 0.3) is 0 Å². The van der Waals surface area contributed by atoms with Gasteiger partial charge in [0.05, 0.1) is 0 Å². The monoisotopic (exact) mass is 274 g/mol. The fourth-order valence-corrected chi connectivity index (χ4v) is 5.23. The Morgan fingerprint density at radius 2 is 1.10 bits per heavy atom. The molecule has 0 aliphatic heterocycles. The van der Waals surface area contributed by atoms with Crippen molar-refractivity contribution in [3.05, 3.63) is 12.2 Å². The van der Waals surface area contributed by atoms with Crippen LogP contribution in [0.4, 0.5) is 0 Å². The first-order chi connectivity index (χ1) is 9.93. The van der Waals surface area contributed by atoms with E-state index in [2.05, 4.69) is 12.2 Å². The van der Waals surface area contributed by atoms with Gasteiger partial charge in [-0.3, -0.25) is 0 Å². The minimum absolute atomic E-state index is 0.933. The molecule has 0 N–H and O–H groups in total. The molecule has 0 heteroatoms. The maximum Gasteiger partial charge on any atom is -0.0205 e. The van der Waals surface area contributed by atoms with E-state index in [1.54, 1.807) is 25.7 Å². The third-order valence-electron chi connectivity index (χ3n) is 6.53. The van der Waals surface area contributed by atoms with Gasteiger partial charge in [0.2, 0.25) is 0 Å². The smallest absolute Gasteiger partial charge is 0.0205 e. The molecule has 0 saturated heterocycles. The Morgan fingerprint density at radius 1 is 0.500 bits per heavy atom. The molecule has 0 amide bonds. The molecular formula is C20H34. The highest BCUT2D eigenvalue weighted by Gasteiger charge is 2.30. The molecule has 0 aromatic carbocycles. The summed E-state index contributed by atoms with van der Waals surface area (Å²) in [5.41, 5.74) is 0. The number of allylic oxidation sites excluding steroid dienone is 2. The molecule has 0 radical (unpaired) electrons. The Labute approximate surface area is 126 Å². The molecule has 0 spiro atoms. The summed E-state index contributed by atoms with van der Waals surface area (Å²) in [6.07, 6.45) is 26.2. The van der Waals surface area contributed by atoms with Crippen LogP contribution in [-0.2, 0) is 0 Å². The summed E-state index contributed by atoms with van der Waals surface area (Å²) in [7, 11) is 0. The Balaban J connectivity index is 1.48. The van der Waals surface area contributed by atoms with Crippen molar-refractivity contribution in [2.75, 3.05) is 0 Å². The molecule has 1 atom stereocenters. The molecule has 0 nitrogen and oxygen atoms in total. The van der Waals surface area contributed by atoms with E-state index in [1.165, 1.54) is 64.2 Å². The zero-order valence-electron chi connectivity index (χ0n) is 13.4. The van der Waals surface area contributed by atoms with Crippen molar-refractivity contribution in [1.82, 2.24) is 0 Å². The summed E-state index contributed by atoms with van der Waals surface area (Å²) < 4.78 is 0. The Bertz CT molecular complexity index is 289. The summed E-state index contributed by atoms with van der Waals surface area (Å²) in [5, 5.41) is 0. The second kappa shape index (κ2) is 7.66. The highest BCUT2D eigenvalue weighted by molar-refractivity contribution is 4.95. The second-order valence-electron chi connectivity index (χ2n) is 7.80. The van der Waals surface area contributed by atoms with Crippen molar-refractivity contribution in [2.45, 2.75) is 89.9 Å². The van der Waals surface area contributed by atoms with Crippen LogP contribution in [0.3, 0.4) is 0 Å². The molecule has 0 aromatic heterocycles. The van der Waals surface area contributed by atoms with Crippen LogP contribution in [0.1, 0.15) is 89.9 Å². The molecular weight excluding hydrogens is 240 g/mol. The molecule has 2 saturated carbocycles. The van der Waals surface area contributed by atoms with Crippen LogP contribution in [0, 0.1) is 23.7 Å². The minimum atomic E-state index is 0.933. The van der Waals surface area contributed by atoms with Gasteiger partial charge in [-0.15, -0.1) is 0 Å². The number of rotatable bonds is 2. The second-order valence-corrected chi connectivity index (χ2v) is 7.80. The molecule has 3 rings (SSSR count). The van der Waals surface area contributed by atoms with Gasteiger partial charge < -0.3 is 0 Å². The molecule has 114 valence electrons. The molecule has 3 aliphatic carbocycles. The van der Waals surface area contributed by atoms with Crippen LogP contribution in [0.25, 0.3) is 0 Å². The standard InChI is InChI=1S/C20H34/c1-2-5-9-17(10-6-3-1)19-13-15-20(16-14-19)18-11-7-4-8-12-18/h5,9,17-20H,1-4,6-8,10-16H2. The van der Waals surface area contributed by atoms with Crippen molar-refractivity contribution >= 4 is 0 Å². The predicted molar refractivity (Wildman–Crippen MR) is 87.7 cm³/mol. The highest BCUT2D eigenvalue weighted by Crippen LogP contribution is 2.43. The van der Waals surface area contributed by atoms with Crippen molar-refractivity contribution in [3.8, 4) is 0 Å². The van der Waals surface area contributed by atoms with Gasteiger partial charge in [-0.2, -0.15) is 0 Å². The summed E-state index contributed by atoms with van der Waals surface area (Å²) >= 11 is 0. The van der Waals surface area contributed by atoms with E-state index < -0.39 is 0 Å². The van der Waals surface area contributed by atoms with Gasteiger partial charge >= 0.3 is 0 Å². The molecule has 3 aliphatic rings. The van der Waals surface area contributed by atoms with Crippen LogP contribution < -0.4 is 0 Å². The minimum Gasteiger partial charge on any atom is -0.0882 e. The third-order valence-corrected chi connectivity index (χ3v) is 6.53. The maximum atomic E-state index is 2.60. The molecule has 0 aromatic rings. The predicted octanol–water partition coefficient (Wildman–Crippen LogP) is 6.51. The van der Waals surface area contributed by atoms with Gasteiger partial charge in [0.15, 0.2) is 0 Å². The summed E-state index contributed by atoms with van der Waals surface area (Å²) in [6, 6.07) is 0. The summed E-state index contributed by atoms with van der Waals surface area (Å²) in [4.78, 5) is 0. The molecule has 1 unspecified atom stereocenters. The fourth-order valence-electron chi connectivity index (χ4n) is 5.23. The van der Waals surface area contributed by atoms with Crippen molar-refractivity contribution in [1.29, 1.82) is 0 Å². The Morgan fingerprint density at radius 3 is 1.90 bits per heavy atom. The average molecular weight is 274 g/mol. The molecule has 0 bridgehead atoms. The van der Waals surface area contributed by atoms with Crippen LogP contribution in [0.5, 0.6) is 0 Å². The first-order valence-corrected chi connectivity index (χ1v) is 9.60. The van der Waals surface area contributed by atoms with E-state index in [0.717, 1.165) is 23.7 Å². The summed E-state index contributed by atoms with van der Waals surface area (Å²) in [6.45, 7) is 0. The lowest BCUT2D eigenvalue weighted by molar-refractivity contribution is 0.146. The van der Waals surface area contributed by atoms with E-state index in [0.29, 0.717) is 0 Å². The molecule has 2 fully saturated rings. The lowest BCUT2D eigenvalue weighted by atomic mass is 9.68. The van der Waals surface area contributed by atoms with Gasteiger partial charge in [0, 0.05) is 0 Å². The molecule has 0 heterocycles. The van der Waals surface area contributed by atoms with Crippen LogP contribution in [0.15, 0.2) is 12.2 Å². The van der Waals surface area contributed by atoms with Gasteiger partial charge in [-0.25, -0.2) is 0 Å². The number of hydrogen-bond donors (Lipinski definition) is 0. The number of hydrogen-bond acceptors (Lipinski definition) is 0. The van der Waals surface area contributed by atoms with E-state index in [1.807, 2.05) is 0 Å². The zero-order valence-corrected chi connectivity index (χ0v) is 13.4. The quantitative estimate of drug-likeness (QED) is 0.503. The third kappa shape index (κ3) is 3.89. The maximum absolute atomic E-state index is 2.60. The van der Waals surface area contributed by atoms with E-state index in [4.69, 9.17) is 0 Å². The van der Waals surface area contributed by atoms with E-state index in [9.17, 15) is 0 Å². The first-order valence-electron chi connectivity index (χ1n) is 9.60. The molecule has 20 heavy (non-hydrogen) atoms. The van der Waals surface area contributed by atoms with Gasteiger partial charge in [-0.05, 0) is 68.6 Å². The van der Waals surface area contributed by atoms with Crippen LogP contribution in [-0.4, -0.2) is 0 Å². The van der Waals surface area contributed by atoms with E-state index in [-0.39, 0.29) is 0 Å². The first kappa shape index (κ1) is 14.7. The Kier molecular flexibility index (Phi) is 5.62. The average Bonchev–Trinajstić information content (AvgIpc) is 2.48. The largest absolute Gasteiger partial charge is 0.0882 e. The van der Waals surface area contributed by atoms with Crippen LogP contribution >= 0.6 is 0 Å². The van der Waals surface area contributed by atoms with Crippen LogP contribution in [0.2, 0.25) is 0 Å². The van der Waals surface area contributed by atoms with Crippen molar-refractivity contribution < 1.29 is 0 Å². The normalized spacial score (nSPS) is 37.3.